The van der Waals surface area contributed by atoms with E-state index in [1.165, 1.54) is 29.5 Å². The minimum Gasteiger partial charge on any atom is -0.462 e. The number of hydrogen-bond donors (Lipinski definition) is 2. The van der Waals surface area contributed by atoms with Crippen molar-refractivity contribution in [3.05, 3.63) is 40.4 Å². The summed E-state index contributed by atoms with van der Waals surface area (Å²) in [4.78, 5) is 52.8. The van der Waals surface area contributed by atoms with Crippen LogP contribution in [0.1, 0.15) is 53.1 Å². The van der Waals surface area contributed by atoms with Crippen molar-refractivity contribution in [1.29, 1.82) is 0 Å². The van der Waals surface area contributed by atoms with Gasteiger partial charge < -0.3 is 20.1 Å². The number of carbonyl (C=O) groups excluding carboxylic acids is 4. The first kappa shape index (κ1) is 22.4. The normalized spacial score (nSPS) is 12.7. The highest BCUT2D eigenvalue weighted by Gasteiger charge is 2.30. The molecular formula is C21H23N3O6S. The Morgan fingerprint density at radius 2 is 1.61 bits per heavy atom. The van der Waals surface area contributed by atoms with E-state index in [-0.39, 0.29) is 54.2 Å². The van der Waals surface area contributed by atoms with Gasteiger partial charge in [0.2, 0.25) is 11.8 Å². The van der Waals surface area contributed by atoms with Gasteiger partial charge in [-0.05, 0) is 44.9 Å². The lowest BCUT2D eigenvalue weighted by Crippen LogP contribution is -2.17. The molecule has 1 fully saturated rings. The molecule has 0 bridgehead atoms. The molecule has 0 aliphatic heterocycles. The molecule has 0 unspecified atom stereocenters. The zero-order valence-electron chi connectivity index (χ0n) is 17.2. The van der Waals surface area contributed by atoms with Crippen LogP contribution in [-0.4, -0.2) is 42.0 Å². The number of nitrogens with one attached hydrogen (secondary N) is 2. The Labute approximate surface area is 183 Å². The van der Waals surface area contributed by atoms with E-state index in [1.54, 1.807) is 19.2 Å². The summed E-state index contributed by atoms with van der Waals surface area (Å²) in [5, 5.41) is 7.56. The van der Waals surface area contributed by atoms with Gasteiger partial charge in [-0.3, -0.25) is 9.59 Å². The van der Waals surface area contributed by atoms with Crippen molar-refractivity contribution in [1.82, 2.24) is 4.98 Å². The minimum absolute atomic E-state index is 0.0336. The molecule has 1 heterocycles. The quantitative estimate of drug-likeness (QED) is 0.569. The van der Waals surface area contributed by atoms with Crippen molar-refractivity contribution in [2.24, 2.45) is 5.92 Å². The Bertz CT molecular complexity index is 963. The zero-order valence-corrected chi connectivity index (χ0v) is 18.0. The number of benzene rings is 1. The molecule has 31 heavy (non-hydrogen) atoms. The predicted molar refractivity (Wildman–Crippen MR) is 114 cm³/mol. The number of carbonyl (C=O) groups is 4. The average molecular weight is 445 g/mol. The van der Waals surface area contributed by atoms with Gasteiger partial charge in [0.15, 0.2) is 5.13 Å². The first-order valence-corrected chi connectivity index (χ1v) is 10.8. The maximum atomic E-state index is 12.5. The summed E-state index contributed by atoms with van der Waals surface area (Å²) >= 11 is 1.25. The molecule has 1 aliphatic rings. The van der Waals surface area contributed by atoms with Crippen LogP contribution in [0.25, 0.3) is 0 Å². The lowest BCUT2D eigenvalue weighted by molar-refractivity contribution is -0.117. The Morgan fingerprint density at radius 1 is 1.00 bits per heavy atom. The van der Waals surface area contributed by atoms with Crippen molar-refractivity contribution in [2.45, 2.75) is 33.1 Å². The van der Waals surface area contributed by atoms with Crippen LogP contribution in [0.4, 0.5) is 10.8 Å². The first-order chi connectivity index (χ1) is 14.9. The van der Waals surface area contributed by atoms with Crippen molar-refractivity contribution >= 4 is 45.9 Å². The second kappa shape index (κ2) is 10.2. The van der Waals surface area contributed by atoms with Gasteiger partial charge in [0.05, 0.1) is 36.5 Å². The number of anilines is 2. The standard InChI is InChI=1S/C21H23N3O6S/c1-3-29-19(27)13-7-14(20(28)30-4-2)9-15(8-13)22-17(25)10-16-11-31-21(23-16)24-18(26)12-5-6-12/h7-9,11-12H,3-6,10H2,1-2H3,(H,22,25)(H,23,24,26). The van der Waals surface area contributed by atoms with E-state index in [0.29, 0.717) is 10.8 Å². The van der Waals surface area contributed by atoms with Crippen molar-refractivity contribution in [2.75, 3.05) is 23.8 Å². The van der Waals surface area contributed by atoms with Crippen LogP contribution in [-0.2, 0) is 25.5 Å². The van der Waals surface area contributed by atoms with Crippen LogP contribution in [0.3, 0.4) is 0 Å². The number of esters is 2. The second-order valence-electron chi connectivity index (χ2n) is 6.87. The summed E-state index contributed by atoms with van der Waals surface area (Å²) in [6.07, 6.45) is 1.75. The fourth-order valence-corrected chi connectivity index (χ4v) is 3.45. The van der Waals surface area contributed by atoms with E-state index in [2.05, 4.69) is 15.6 Å². The first-order valence-electron chi connectivity index (χ1n) is 9.94. The number of hydrogen-bond acceptors (Lipinski definition) is 8. The molecule has 2 amide bonds. The van der Waals surface area contributed by atoms with Gasteiger partial charge in [0.25, 0.3) is 0 Å². The molecule has 9 nitrogen and oxygen atoms in total. The van der Waals surface area contributed by atoms with Crippen LogP contribution in [0.2, 0.25) is 0 Å². The number of nitrogens with zero attached hydrogens (tertiary/aromatic N) is 1. The van der Waals surface area contributed by atoms with Crippen molar-refractivity contribution in [3.8, 4) is 0 Å². The van der Waals surface area contributed by atoms with Gasteiger partial charge in [0.1, 0.15) is 0 Å². The Morgan fingerprint density at radius 3 is 2.16 bits per heavy atom. The molecule has 2 N–H and O–H groups in total. The fraction of sp³-hybridized carbons (Fsp3) is 0.381. The number of rotatable bonds is 9. The lowest BCUT2D eigenvalue weighted by Gasteiger charge is -2.10. The summed E-state index contributed by atoms with van der Waals surface area (Å²) < 4.78 is 9.97. The van der Waals surface area contributed by atoms with Crippen molar-refractivity contribution in [3.63, 3.8) is 0 Å². The fourth-order valence-electron chi connectivity index (χ4n) is 2.73. The maximum absolute atomic E-state index is 12.5. The molecule has 164 valence electrons. The third kappa shape index (κ3) is 6.35. The Hall–Kier alpha value is -3.27. The molecule has 3 rings (SSSR count). The van der Waals surface area contributed by atoms with Gasteiger partial charge in [-0.25, -0.2) is 14.6 Å². The van der Waals surface area contributed by atoms with Gasteiger partial charge in [-0.2, -0.15) is 0 Å². The zero-order chi connectivity index (χ0) is 22.4. The van der Waals surface area contributed by atoms with E-state index in [4.69, 9.17) is 9.47 Å². The summed E-state index contributed by atoms with van der Waals surface area (Å²) in [6.45, 7) is 3.69. The maximum Gasteiger partial charge on any atom is 0.338 e. The topological polar surface area (TPSA) is 124 Å². The highest BCUT2D eigenvalue weighted by Crippen LogP contribution is 2.30. The van der Waals surface area contributed by atoms with Crippen LogP contribution in [0, 0.1) is 5.92 Å². The summed E-state index contributed by atoms with van der Waals surface area (Å²) in [7, 11) is 0. The van der Waals surface area contributed by atoms with Crippen LogP contribution in [0.15, 0.2) is 23.6 Å². The van der Waals surface area contributed by atoms with E-state index >= 15 is 0 Å². The molecule has 0 saturated heterocycles. The van der Waals surface area contributed by atoms with Gasteiger partial charge >= 0.3 is 11.9 Å². The Balaban J connectivity index is 1.69. The van der Waals surface area contributed by atoms with Crippen molar-refractivity contribution < 1.29 is 28.7 Å². The van der Waals surface area contributed by atoms with Crippen LogP contribution in [0.5, 0.6) is 0 Å². The van der Waals surface area contributed by atoms with Crippen LogP contribution < -0.4 is 10.6 Å². The molecule has 1 aromatic heterocycles. The molecule has 1 aliphatic carbocycles. The smallest absolute Gasteiger partial charge is 0.338 e. The summed E-state index contributed by atoms with van der Waals surface area (Å²) in [6, 6.07) is 4.23. The molecule has 0 atom stereocenters. The van der Waals surface area contributed by atoms with Gasteiger partial charge in [-0.15, -0.1) is 11.3 Å². The Kier molecular flexibility index (Phi) is 7.35. The number of amides is 2. The van der Waals surface area contributed by atoms with E-state index in [0.717, 1.165) is 12.8 Å². The van der Waals surface area contributed by atoms with E-state index in [1.807, 2.05) is 0 Å². The van der Waals surface area contributed by atoms with E-state index < -0.39 is 11.9 Å². The largest absolute Gasteiger partial charge is 0.462 e. The second-order valence-corrected chi connectivity index (χ2v) is 7.73. The lowest BCUT2D eigenvalue weighted by atomic mass is 10.1. The third-order valence-electron chi connectivity index (χ3n) is 4.31. The summed E-state index contributed by atoms with van der Waals surface area (Å²) in [5.41, 5.74) is 1.01. The van der Waals surface area contributed by atoms with Gasteiger partial charge in [-0.1, -0.05) is 0 Å². The summed E-state index contributed by atoms with van der Waals surface area (Å²) in [5.74, 6) is -1.59. The molecule has 1 saturated carbocycles. The predicted octanol–water partition coefficient (Wildman–Crippen LogP) is 3.03. The SMILES string of the molecule is CCOC(=O)c1cc(NC(=O)Cc2csc(NC(=O)C3CC3)n2)cc(C(=O)OCC)c1. The third-order valence-corrected chi connectivity index (χ3v) is 5.12. The van der Waals surface area contributed by atoms with Crippen LogP contribution >= 0.6 is 11.3 Å². The monoisotopic (exact) mass is 445 g/mol. The number of thiazole rings is 1. The molecule has 0 spiro atoms. The highest BCUT2D eigenvalue weighted by molar-refractivity contribution is 7.13. The molecule has 1 aromatic carbocycles. The number of aromatic nitrogens is 1. The van der Waals surface area contributed by atoms with E-state index in [9.17, 15) is 19.2 Å². The number of ether oxygens (including phenoxy) is 2. The highest BCUT2D eigenvalue weighted by atomic mass is 32.1. The molecule has 10 heteroatoms. The minimum atomic E-state index is -0.611. The average Bonchev–Trinajstić information content (AvgIpc) is 3.50. The molecule has 2 aromatic rings. The molecular weight excluding hydrogens is 422 g/mol. The molecule has 0 radical (unpaired) electrons. The van der Waals surface area contributed by atoms with Gasteiger partial charge in [0, 0.05) is 17.0 Å².